The number of allylic oxidation sites excluding steroid dienone is 3. The Morgan fingerprint density at radius 3 is 1.16 bits per heavy atom. The van der Waals surface area contributed by atoms with Crippen LogP contribution in [0, 0.1) is 5.82 Å². The number of nitrogens with zero attached hydrogens (tertiary/aromatic N) is 13. The molecule has 0 atom stereocenters. The van der Waals surface area contributed by atoms with Crippen molar-refractivity contribution in [2.24, 2.45) is 0 Å². The predicted octanol–water partition coefficient (Wildman–Crippen LogP) is 14.1. The molecule has 0 saturated carbocycles. The Bertz CT molecular complexity index is 4950. The van der Waals surface area contributed by atoms with Crippen LogP contribution in [0.4, 0.5) is 56.4 Å². The summed E-state index contributed by atoms with van der Waals surface area (Å²) >= 11 is 0. The number of H-pyrrole nitrogens is 3. The van der Waals surface area contributed by atoms with Crippen LogP contribution in [-0.4, -0.2) is 142 Å². The Labute approximate surface area is 584 Å². The number of piperazine rings is 1. The number of fused-ring (bicyclic) bond motifs is 3. The van der Waals surface area contributed by atoms with E-state index in [0.29, 0.717) is 64.7 Å². The van der Waals surface area contributed by atoms with E-state index in [-0.39, 0.29) is 29.6 Å². The van der Waals surface area contributed by atoms with Crippen molar-refractivity contribution in [1.82, 2.24) is 65.4 Å². The lowest BCUT2D eigenvalue weighted by Gasteiger charge is -2.34. The number of benzene rings is 6. The van der Waals surface area contributed by atoms with Gasteiger partial charge in [0, 0.05) is 117 Å². The molecule has 23 heteroatoms. The maximum Gasteiger partial charge on any atom is 0.229 e. The van der Waals surface area contributed by atoms with Gasteiger partial charge in [0.1, 0.15) is 5.82 Å². The van der Waals surface area contributed by atoms with Gasteiger partial charge in [-0.15, -0.1) is 0 Å². The van der Waals surface area contributed by atoms with Gasteiger partial charge in [-0.2, -0.15) is 30.2 Å². The summed E-state index contributed by atoms with van der Waals surface area (Å²) in [7, 11) is 2.16. The van der Waals surface area contributed by atoms with Gasteiger partial charge in [0.2, 0.25) is 17.8 Å². The summed E-state index contributed by atoms with van der Waals surface area (Å²) in [5, 5.41) is 33.4. The number of nitrogens with one attached hydrogen (secondary N) is 6. The lowest BCUT2D eigenvalue weighted by molar-refractivity contribution is -0.114. The van der Waals surface area contributed by atoms with Gasteiger partial charge in [-0.3, -0.25) is 29.7 Å². The van der Waals surface area contributed by atoms with Gasteiger partial charge in [0.05, 0.1) is 57.5 Å². The summed E-state index contributed by atoms with van der Waals surface area (Å²) in [6.45, 7) is 18.9. The average Bonchev–Trinajstić information content (AvgIpc) is 1.75. The summed E-state index contributed by atoms with van der Waals surface area (Å²) in [6, 6.07) is 45.2. The number of piperidine rings is 2. The third-order valence-corrected chi connectivity index (χ3v) is 18.1. The molecule has 3 saturated heterocycles. The lowest BCUT2D eigenvalue weighted by atomic mass is 10.0. The van der Waals surface area contributed by atoms with E-state index in [9.17, 15) is 18.8 Å². The van der Waals surface area contributed by atoms with Crippen LogP contribution >= 0.6 is 0 Å². The fraction of sp³-hybridized carbons (Fsp3) is 0.231. The molecule has 0 aliphatic carbocycles. The normalized spacial score (nSPS) is 13.9. The SMILES string of the molecule is C=CC(=O)Cc1cccc(-c2nc(Nc3ccc(N4CCCCC4)c(F)c3)nc3[nH]ncc23)c1.C=CC(=O)Cc1cccc(-c2nc(Nc3ccc(N4CCCCC4)cc3)nc3[nH]ncc23)c1.C=CC(=O)Cc1cccc(-c2nc(Nc3ccc(N4CCN(C)CC4)cc3)nc3[nH]ncc23)c1. The zero-order valence-electron chi connectivity index (χ0n) is 56.3. The second-order valence-electron chi connectivity index (χ2n) is 25.2. The van der Waals surface area contributed by atoms with Crippen LogP contribution in [0.25, 0.3) is 66.9 Å². The van der Waals surface area contributed by atoms with Crippen LogP contribution in [0.15, 0.2) is 196 Å². The van der Waals surface area contributed by atoms with E-state index in [2.05, 4.69) is 156 Å². The number of halogens is 1. The Morgan fingerprint density at radius 1 is 0.426 bits per heavy atom. The van der Waals surface area contributed by atoms with Crippen molar-refractivity contribution >= 4 is 102 Å². The largest absolute Gasteiger partial charge is 0.372 e. The number of carbonyl (C=O) groups is 3. The molecule has 6 aromatic heterocycles. The van der Waals surface area contributed by atoms with Crippen LogP contribution in [0.1, 0.15) is 55.2 Å². The Morgan fingerprint density at radius 2 is 0.782 bits per heavy atom. The molecule has 101 heavy (non-hydrogen) atoms. The number of carbonyl (C=O) groups excluding carboxylic acids is 3. The van der Waals surface area contributed by atoms with Crippen molar-refractivity contribution < 1.29 is 18.8 Å². The van der Waals surface area contributed by atoms with Gasteiger partial charge in [0.15, 0.2) is 34.3 Å². The van der Waals surface area contributed by atoms with Crippen LogP contribution in [0.5, 0.6) is 0 Å². The highest BCUT2D eigenvalue weighted by atomic mass is 19.1. The number of hydrogen-bond acceptors (Lipinski definition) is 19. The average molecular weight is 1350 g/mol. The fourth-order valence-electron chi connectivity index (χ4n) is 12.7. The Kier molecular flexibility index (Phi) is 21.1. The molecule has 6 N–H and O–H groups in total. The Hall–Kier alpha value is -12.1. The van der Waals surface area contributed by atoms with E-state index in [4.69, 9.17) is 15.0 Å². The van der Waals surface area contributed by atoms with Gasteiger partial charge in [-0.05, 0) is 165 Å². The van der Waals surface area contributed by atoms with Gasteiger partial charge in [-0.25, -0.2) is 19.3 Å². The minimum absolute atomic E-state index is 0.0151. The van der Waals surface area contributed by atoms with Crippen molar-refractivity contribution in [2.75, 3.05) is 90.1 Å². The zero-order chi connectivity index (χ0) is 69.6. The maximum atomic E-state index is 14.9. The summed E-state index contributed by atoms with van der Waals surface area (Å²) < 4.78 is 14.9. The molecule has 6 aromatic carbocycles. The fourth-order valence-corrected chi connectivity index (χ4v) is 12.7. The first-order chi connectivity index (χ1) is 49.4. The molecule has 9 heterocycles. The van der Waals surface area contributed by atoms with E-state index in [0.717, 1.165) is 138 Å². The van der Waals surface area contributed by atoms with E-state index < -0.39 is 0 Å². The molecule has 0 unspecified atom stereocenters. The molecule has 0 spiro atoms. The van der Waals surface area contributed by atoms with Crippen molar-refractivity contribution in [3.8, 4) is 33.8 Å². The molecular formula is C78H78FN19O3. The van der Waals surface area contributed by atoms with Crippen molar-refractivity contribution in [3.63, 3.8) is 0 Å². The van der Waals surface area contributed by atoms with Crippen LogP contribution in [0.3, 0.4) is 0 Å². The third-order valence-electron chi connectivity index (χ3n) is 18.1. The van der Waals surface area contributed by atoms with Crippen molar-refractivity contribution in [3.05, 3.63) is 219 Å². The molecule has 3 fully saturated rings. The van der Waals surface area contributed by atoms with E-state index in [1.165, 1.54) is 61.4 Å². The number of aromatic nitrogens is 12. The highest BCUT2D eigenvalue weighted by Crippen LogP contribution is 2.34. The summed E-state index contributed by atoms with van der Waals surface area (Å²) in [6.07, 6.45) is 17.2. The molecule has 3 aliphatic heterocycles. The molecule has 0 amide bonds. The first kappa shape index (κ1) is 67.5. The highest BCUT2D eigenvalue weighted by Gasteiger charge is 2.21. The van der Waals surface area contributed by atoms with Crippen LogP contribution in [0.2, 0.25) is 0 Å². The molecule has 22 nitrogen and oxygen atoms in total. The van der Waals surface area contributed by atoms with Crippen LogP contribution in [-0.2, 0) is 33.6 Å². The minimum Gasteiger partial charge on any atom is -0.372 e. The smallest absolute Gasteiger partial charge is 0.229 e. The maximum absolute atomic E-state index is 14.9. The monoisotopic (exact) mass is 1350 g/mol. The number of likely N-dealkylation sites (N-methyl/N-ethyl adjacent to an activating group) is 1. The molecule has 15 rings (SSSR count). The lowest BCUT2D eigenvalue weighted by Crippen LogP contribution is -2.44. The number of rotatable bonds is 21. The van der Waals surface area contributed by atoms with Gasteiger partial charge in [-0.1, -0.05) is 74.3 Å². The van der Waals surface area contributed by atoms with Gasteiger partial charge < -0.3 is 35.6 Å². The van der Waals surface area contributed by atoms with E-state index in [1.54, 1.807) is 24.7 Å². The topological polar surface area (TPSA) is 264 Å². The number of hydrogen-bond donors (Lipinski definition) is 6. The van der Waals surface area contributed by atoms with Crippen LogP contribution < -0.4 is 30.7 Å². The van der Waals surface area contributed by atoms with Gasteiger partial charge >= 0.3 is 0 Å². The van der Waals surface area contributed by atoms with E-state index >= 15 is 0 Å². The summed E-state index contributed by atoms with van der Waals surface area (Å²) in [5.41, 5.74) is 14.8. The summed E-state index contributed by atoms with van der Waals surface area (Å²) in [5.74, 6) is 0.936. The highest BCUT2D eigenvalue weighted by molar-refractivity contribution is 5.96. The summed E-state index contributed by atoms with van der Waals surface area (Å²) in [4.78, 5) is 72.7. The minimum atomic E-state index is -0.269. The molecule has 0 radical (unpaired) electrons. The predicted molar refractivity (Wildman–Crippen MR) is 399 cm³/mol. The van der Waals surface area contributed by atoms with E-state index in [1.807, 2.05) is 78.9 Å². The first-order valence-electron chi connectivity index (χ1n) is 34.0. The third kappa shape index (κ3) is 16.7. The molecule has 3 aliphatic rings. The molecule has 12 aromatic rings. The quantitative estimate of drug-likeness (QED) is 0.0365. The zero-order valence-corrected chi connectivity index (χ0v) is 56.3. The number of aromatic amines is 3. The Balaban J connectivity index is 0.000000135. The van der Waals surface area contributed by atoms with Gasteiger partial charge in [0.25, 0.3) is 0 Å². The molecule has 510 valence electrons. The second kappa shape index (κ2) is 31.6. The number of anilines is 9. The number of ketones is 3. The first-order valence-corrected chi connectivity index (χ1v) is 34.0. The molecular weight excluding hydrogens is 1270 g/mol. The van der Waals surface area contributed by atoms with Crippen molar-refractivity contribution in [2.45, 2.75) is 57.8 Å². The van der Waals surface area contributed by atoms with Crippen molar-refractivity contribution in [1.29, 1.82) is 0 Å². The molecule has 0 bridgehead atoms. The second-order valence-corrected chi connectivity index (χ2v) is 25.2. The standard InChI is InChI=1S/C26H25FN6O.C26H27N7O.C26H26N6O/c1-2-20(34)14-17-7-6-8-18(13-17)24-21-16-28-32-25(21)31-26(30-24)29-19-9-10-23(22(27)15-19)33-11-4-3-5-12-33;1-3-22(34)16-18-5-4-6-19(15-18)24-23-17-27-31-25(23)30-26(29-24)28-20-7-9-21(10-8-20)33-13-11-32(2)12-14-33;1-2-22(33)16-18-7-6-8-19(15-18)24-23-17-27-31-25(23)30-26(29-24)28-20-9-11-21(12-10-20)32-13-4-3-5-14-32/h2,6-10,13,15-16H,1,3-5,11-12,14H2,(H2,28,29,30,31,32);3-10,15,17H,1,11-14,16H2,2H3,(H2,27,28,29,30,31);2,6-12,15,17H,1,3-5,13-14,16H2,(H2,27,28,29,30,31).